The van der Waals surface area contributed by atoms with Gasteiger partial charge in [-0.05, 0) is 26.0 Å². The van der Waals surface area contributed by atoms with Gasteiger partial charge < -0.3 is 15.3 Å². The van der Waals surface area contributed by atoms with E-state index < -0.39 is 17.4 Å². The smallest absolute Gasteiger partial charge is 0.310 e. The summed E-state index contributed by atoms with van der Waals surface area (Å²) in [4.78, 5) is 37.5. The lowest BCUT2D eigenvalue weighted by molar-refractivity contribution is -0.146. The van der Waals surface area contributed by atoms with Gasteiger partial charge in [0.25, 0.3) is 5.91 Å². The molecular formula is C16H20N2O4S. The molecule has 0 radical (unpaired) electrons. The van der Waals surface area contributed by atoms with Crippen molar-refractivity contribution < 1.29 is 19.5 Å². The fourth-order valence-corrected chi connectivity index (χ4v) is 3.26. The molecule has 0 aromatic heterocycles. The summed E-state index contributed by atoms with van der Waals surface area (Å²) < 4.78 is 0. The largest absolute Gasteiger partial charge is 0.481 e. The number of benzene rings is 1. The van der Waals surface area contributed by atoms with E-state index in [9.17, 15) is 14.4 Å². The molecule has 1 aliphatic heterocycles. The van der Waals surface area contributed by atoms with Crippen molar-refractivity contribution in [2.24, 2.45) is 5.41 Å². The van der Waals surface area contributed by atoms with Crippen LogP contribution in [0.5, 0.6) is 0 Å². The molecule has 1 aromatic rings. The molecule has 0 aliphatic carbocycles. The van der Waals surface area contributed by atoms with Gasteiger partial charge in [-0.1, -0.05) is 18.2 Å². The highest BCUT2D eigenvalue weighted by atomic mass is 32.2. The maximum absolute atomic E-state index is 12.5. The molecule has 1 aromatic carbocycles. The van der Waals surface area contributed by atoms with Crippen molar-refractivity contribution in [3.8, 4) is 0 Å². The Morgan fingerprint density at radius 1 is 1.30 bits per heavy atom. The second-order valence-electron chi connectivity index (χ2n) is 6.06. The van der Waals surface area contributed by atoms with E-state index in [1.165, 1.54) is 16.7 Å². The van der Waals surface area contributed by atoms with Gasteiger partial charge in [0.05, 0.1) is 11.3 Å². The number of hydrogen-bond donors (Lipinski definition) is 2. The summed E-state index contributed by atoms with van der Waals surface area (Å²) in [6.07, 6.45) is 0. The molecule has 23 heavy (non-hydrogen) atoms. The third-order valence-electron chi connectivity index (χ3n) is 3.75. The van der Waals surface area contributed by atoms with Crippen molar-refractivity contribution in [3.63, 3.8) is 0 Å². The molecule has 124 valence electrons. The van der Waals surface area contributed by atoms with Crippen molar-refractivity contribution in [2.75, 3.05) is 18.2 Å². The minimum Gasteiger partial charge on any atom is -0.481 e. The lowest BCUT2D eigenvalue weighted by atomic mass is 9.94. The Kier molecular flexibility index (Phi) is 5.30. The summed E-state index contributed by atoms with van der Waals surface area (Å²) in [5.74, 6) is -0.510. The summed E-state index contributed by atoms with van der Waals surface area (Å²) in [6, 6.07) is 8.24. The van der Waals surface area contributed by atoms with Gasteiger partial charge in [-0.15, -0.1) is 11.8 Å². The minimum absolute atomic E-state index is 0.0235. The first kappa shape index (κ1) is 17.3. The topological polar surface area (TPSA) is 86.7 Å². The van der Waals surface area contributed by atoms with E-state index in [0.717, 1.165) is 0 Å². The fourth-order valence-electron chi connectivity index (χ4n) is 2.11. The van der Waals surface area contributed by atoms with E-state index in [0.29, 0.717) is 17.2 Å². The fraction of sp³-hybridized carbons (Fsp3) is 0.438. The van der Waals surface area contributed by atoms with E-state index in [1.54, 1.807) is 38.1 Å². The van der Waals surface area contributed by atoms with Gasteiger partial charge in [0, 0.05) is 17.9 Å². The van der Waals surface area contributed by atoms with Gasteiger partial charge in [-0.3, -0.25) is 14.4 Å². The van der Waals surface area contributed by atoms with Crippen LogP contribution in [0.1, 0.15) is 24.2 Å². The lowest BCUT2D eigenvalue weighted by Crippen LogP contribution is -2.50. The highest BCUT2D eigenvalue weighted by Crippen LogP contribution is 2.23. The van der Waals surface area contributed by atoms with Crippen molar-refractivity contribution in [1.82, 2.24) is 10.2 Å². The van der Waals surface area contributed by atoms with Gasteiger partial charge in [0.1, 0.15) is 6.04 Å². The molecule has 1 aliphatic rings. The van der Waals surface area contributed by atoms with Gasteiger partial charge in [0.2, 0.25) is 5.91 Å². The highest BCUT2D eigenvalue weighted by Gasteiger charge is 2.36. The molecule has 0 bridgehead atoms. The number of carboxylic acid groups (broad SMARTS) is 1. The van der Waals surface area contributed by atoms with Crippen LogP contribution >= 0.6 is 11.8 Å². The van der Waals surface area contributed by atoms with Crippen LogP contribution in [-0.4, -0.2) is 52.0 Å². The summed E-state index contributed by atoms with van der Waals surface area (Å²) in [6.45, 7) is 3.12. The Morgan fingerprint density at radius 2 is 1.96 bits per heavy atom. The number of carboxylic acids is 1. The third-order valence-corrected chi connectivity index (χ3v) is 4.76. The van der Waals surface area contributed by atoms with Gasteiger partial charge >= 0.3 is 5.97 Å². The van der Waals surface area contributed by atoms with E-state index in [1.807, 2.05) is 6.07 Å². The number of nitrogens with zero attached hydrogens (tertiary/aromatic N) is 1. The van der Waals surface area contributed by atoms with Crippen molar-refractivity contribution in [2.45, 2.75) is 19.9 Å². The molecule has 1 fully saturated rings. The van der Waals surface area contributed by atoms with E-state index >= 15 is 0 Å². The Hall–Kier alpha value is -2.02. The van der Waals surface area contributed by atoms with Crippen LogP contribution in [0.4, 0.5) is 0 Å². The Balaban J connectivity index is 2.02. The molecule has 2 rings (SSSR count). The zero-order valence-corrected chi connectivity index (χ0v) is 13.9. The molecular weight excluding hydrogens is 316 g/mol. The number of nitrogens with one attached hydrogen (secondary N) is 1. The van der Waals surface area contributed by atoms with Crippen LogP contribution in [0.3, 0.4) is 0 Å². The van der Waals surface area contributed by atoms with Crippen LogP contribution < -0.4 is 5.32 Å². The van der Waals surface area contributed by atoms with Crippen LogP contribution in [0, 0.1) is 5.41 Å². The summed E-state index contributed by atoms with van der Waals surface area (Å²) >= 11 is 1.51. The molecule has 1 unspecified atom stereocenters. The van der Waals surface area contributed by atoms with Gasteiger partial charge in [0.15, 0.2) is 0 Å². The number of thioether (sulfide) groups is 1. The van der Waals surface area contributed by atoms with Crippen molar-refractivity contribution in [3.05, 3.63) is 35.9 Å². The molecule has 1 saturated heterocycles. The molecule has 2 N–H and O–H groups in total. The number of rotatable bonds is 5. The molecule has 0 saturated carbocycles. The first-order valence-electron chi connectivity index (χ1n) is 7.28. The zero-order chi connectivity index (χ0) is 17.0. The van der Waals surface area contributed by atoms with E-state index in [-0.39, 0.29) is 18.4 Å². The quantitative estimate of drug-likeness (QED) is 0.849. The third kappa shape index (κ3) is 4.04. The van der Waals surface area contributed by atoms with Crippen molar-refractivity contribution in [1.29, 1.82) is 0 Å². The Labute approximate surface area is 139 Å². The molecule has 1 atom stereocenters. The van der Waals surface area contributed by atoms with Crippen LogP contribution in [0.15, 0.2) is 30.3 Å². The molecule has 7 heteroatoms. The minimum atomic E-state index is -1.05. The van der Waals surface area contributed by atoms with Crippen LogP contribution in [-0.2, 0) is 9.59 Å². The van der Waals surface area contributed by atoms with Crippen LogP contribution in [0.25, 0.3) is 0 Å². The normalized spacial score (nSPS) is 17.8. The zero-order valence-electron chi connectivity index (χ0n) is 13.1. The first-order valence-corrected chi connectivity index (χ1v) is 8.43. The standard InChI is InChI=1S/C16H20N2O4S/c1-16(2,15(21)22)9-17-13(19)12-8-23-10-18(12)14(20)11-6-4-3-5-7-11/h3-7,12H,8-10H2,1-2H3,(H,17,19)(H,21,22). The van der Waals surface area contributed by atoms with Crippen LogP contribution in [0.2, 0.25) is 0 Å². The summed E-state index contributed by atoms with van der Waals surface area (Å²) in [7, 11) is 0. The number of amides is 2. The molecule has 6 nitrogen and oxygen atoms in total. The van der Waals surface area contributed by atoms with E-state index in [4.69, 9.17) is 5.11 Å². The highest BCUT2D eigenvalue weighted by molar-refractivity contribution is 7.99. The summed E-state index contributed by atoms with van der Waals surface area (Å²) in [5.41, 5.74) is -0.506. The predicted octanol–water partition coefficient (Wildman–Crippen LogP) is 1.43. The number of hydrogen-bond acceptors (Lipinski definition) is 4. The molecule has 1 heterocycles. The monoisotopic (exact) mass is 336 g/mol. The average Bonchev–Trinajstić information content (AvgIpc) is 3.02. The Morgan fingerprint density at radius 3 is 2.57 bits per heavy atom. The SMILES string of the molecule is CC(C)(CNC(=O)C1CSCN1C(=O)c1ccccc1)C(=O)O. The predicted molar refractivity (Wildman–Crippen MR) is 88.2 cm³/mol. The second kappa shape index (κ2) is 7.04. The lowest BCUT2D eigenvalue weighted by Gasteiger charge is -2.25. The van der Waals surface area contributed by atoms with Gasteiger partial charge in [-0.2, -0.15) is 0 Å². The number of carbonyl (C=O) groups excluding carboxylic acids is 2. The maximum atomic E-state index is 12.5. The maximum Gasteiger partial charge on any atom is 0.310 e. The number of carbonyl (C=O) groups is 3. The van der Waals surface area contributed by atoms with E-state index in [2.05, 4.69) is 5.32 Å². The molecule has 0 spiro atoms. The average molecular weight is 336 g/mol. The Bertz CT molecular complexity index is 603. The summed E-state index contributed by atoms with van der Waals surface area (Å²) in [5, 5.41) is 11.7. The second-order valence-corrected chi connectivity index (χ2v) is 7.06. The van der Waals surface area contributed by atoms with Gasteiger partial charge in [-0.25, -0.2) is 0 Å². The number of aliphatic carboxylic acids is 1. The first-order chi connectivity index (χ1) is 10.8. The van der Waals surface area contributed by atoms with Crippen molar-refractivity contribution >= 4 is 29.5 Å². The molecule has 2 amide bonds.